The number of allylic oxidation sites excluding steroid dienone is 1. The van der Waals surface area contributed by atoms with Gasteiger partial charge in [-0.05, 0) is 73.0 Å². The summed E-state index contributed by atoms with van der Waals surface area (Å²) in [5.41, 5.74) is 10.4. The van der Waals surface area contributed by atoms with Gasteiger partial charge in [0.2, 0.25) is 5.95 Å². The fourth-order valence-electron chi connectivity index (χ4n) is 3.15. The second kappa shape index (κ2) is 10.4. The zero-order valence-corrected chi connectivity index (χ0v) is 18.1. The molecule has 0 bridgehead atoms. The van der Waals surface area contributed by atoms with Gasteiger partial charge in [0.05, 0.1) is 23.4 Å². The molecular formula is C24H21N7O2. The molecule has 0 aliphatic carbocycles. The van der Waals surface area contributed by atoms with E-state index in [-0.39, 0.29) is 12.6 Å². The van der Waals surface area contributed by atoms with Crippen LogP contribution in [0.1, 0.15) is 27.9 Å². The number of carbonyl (C=O) groups excluding carboxylic acids is 1. The number of hydrogen-bond acceptors (Lipinski definition) is 8. The van der Waals surface area contributed by atoms with E-state index in [2.05, 4.69) is 26.7 Å². The highest BCUT2D eigenvalue weighted by Crippen LogP contribution is 2.27. The van der Waals surface area contributed by atoms with Gasteiger partial charge < -0.3 is 21.1 Å². The van der Waals surface area contributed by atoms with Gasteiger partial charge in [0.25, 0.3) is 0 Å². The number of rotatable bonds is 7. The second-order valence-electron chi connectivity index (χ2n) is 7.11. The summed E-state index contributed by atoms with van der Waals surface area (Å²) in [4.78, 5) is 20.0. The van der Waals surface area contributed by atoms with Crippen LogP contribution >= 0.6 is 0 Å². The Morgan fingerprint density at radius 3 is 2.39 bits per heavy atom. The van der Waals surface area contributed by atoms with Crippen LogP contribution in [-0.2, 0) is 11.3 Å². The minimum absolute atomic E-state index is 0.121. The number of aryl methyl sites for hydroxylation is 2. The first-order chi connectivity index (χ1) is 15.9. The molecule has 164 valence electrons. The maximum absolute atomic E-state index is 11.1. The monoisotopic (exact) mass is 439 g/mol. The van der Waals surface area contributed by atoms with Gasteiger partial charge in [-0.2, -0.15) is 15.5 Å². The van der Waals surface area contributed by atoms with E-state index < -0.39 is 6.09 Å². The van der Waals surface area contributed by atoms with Crippen molar-refractivity contribution in [3.8, 4) is 12.1 Å². The molecular weight excluding hydrogens is 418 g/mol. The first-order valence-corrected chi connectivity index (χ1v) is 9.89. The molecule has 1 amide bonds. The third-order valence-corrected chi connectivity index (χ3v) is 4.57. The van der Waals surface area contributed by atoms with Crippen LogP contribution < -0.4 is 16.4 Å². The second-order valence-corrected chi connectivity index (χ2v) is 7.11. The molecule has 0 aliphatic heterocycles. The molecule has 0 spiro atoms. The van der Waals surface area contributed by atoms with Crippen molar-refractivity contribution in [1.82, 2.24) is 9.97 Å². The Balaban J connectivity index is 1.93. The lowest BCUT2D eigenvalue weighted by Crippen LogP contribution is -2.14. The highest BCUT2D eigenvalue weighted by molar-refractivity contribution is 5.70. The van der Waals surface area contributed by atoms with Crippen molar-refractivity contribution in [2.24, 2.45) is 5.73 Å². The van der Waals surface area contributed by atoms with Gasteiger partial charge in [0, 0.05) is 23.5 Å². The molecule has 0 saturated heterocycles. The molecule has 33 heavy (non-hydrogen) atoms. The Morgan fingerprint density at radius 1 is 1.09 bits per heavy atom. The van der Waals surface area contributed by atoms with E-state index in [1.54, 1.807) is 36.4 Å². The summed E-state index contributed by atoms with van der Waals surface area (Å²) in [6.07, 6.45) is 2.27. The molecule has 3 aromatic rings. The SMILES string of the molecule is Cc1cc(/C=C/C#N)cc(C)c1Nc1cc(COC(N)=O)nc(Nc2ccc(C#N)cc2)n1. The van der Waals surface area contributed by atoms with E-state index in [0.29, 0.717) is 22.8 Å². The van der Waals surface area contributed by atoms with Crippen LogP contribution in [0.4, 0.5) is 27.9 Å². The number of nitrogens with two attached hydrogens (primary N) is 1. The summed E-state index contributed by atoms with van der Waals surface area (Å²) in [6.45, 7) is 3.78. The number of amides is 1. The Kier molecular flexibility index (Phi) is 7.20. The molecule has 2 aromatic carbocycles. The molecule has 0 unspecified atom stereocenters. The van der Waals surface area contributed by atoms with Crippen LogP contribution in [0.25, 0.3) is 6.08 Å². The fraction of sp³-hybridized carbons (Fsp3) is 0.125. The maximum Gasteiger partial charge on any atom is 0.404 e. The third-order valence-electron chi connectivity index (χ3n) is 4.57. The van der Waals surface area contributed by atoms with E-state index in [1.165, 1.54) is 6.08 Å². The summed E-state index contributed by atoms with van der Waals surface area (Å²) in [6, 6.07) is 16.5. The molecule has 3 rings (SSSR count). The molecule has 0 fully saturated rings. The summed E-state index contributed by atoms with van der Waals surface area (Å²) in [7, 11) is 0. The lowest BCUT2D eigenvalue weighted by molar-refractivity contribution is 0.149. The number of nitrogens with one attached hydrogen (secondary N) is 2. The average molecular weight is 439 g/mol. The van der Waals surface area contributed by atoms with Crippen molar-refractivity contribution in [3.05, 3.63) is 76.5 Å². The largest absolute Gasteiger partial charge is 0.443 e. The van der Waals surface area contributed by atoms with Gasteiger partial charge in [-0.1, -0.05) is 0 Å². The number of aromatic nitrogens is 2. The summed E-state index contributed by atoms with van der Waals surface area (Å²) in [5.74, 6) is 0.757. The van der Waals surface area contributed by atoms with Crippen LogP contribution in [0, 0.1) is 36.5 Å². The number of primary amides is 1. The van der Waals surface area contributed by atoms with Gasteiger partial charge in [0.15, 0.2) is 0 Å². The quantitative estimate of drug-likeness (QED) is 0.453. The van der Waals surface area contributed by atoms with E-state index in [9.17, 15) is 4.79 Å². The number of nitrogens with zero attached hydrogens (tertiary/aromatic N) is 4. The van der Waals surface area contributed by atoms with Crippen LogP contribution in [0.2, 0.25) is 0 Å². The molecule has 0 aliphatic rings. The van der Waals surface area contributed by atoms with E-state index in [1.807, 2.05) is 32.0 Å². The van der Waals surface area contributed by atoms with E-state index >= 15 is 0 Å². The van der Waals surface area contributed by atoms with Crippen LogP contribution in [0.15, 0.2) is 48.5 Å². The molecule has 9 nitrogen and oxygen atoms in total. The highest BCUT2D eigenvalue weighted by atomic mass is 16.5. The topological polar surface area (TPSA) is 150 Å². The Labute approximate surface area is 191 Å². The molecule has 4 N–H and O–H groups in total. The predicted octanol–water partition coefficient (Wildman–Crippen LogP) is 4.58. The van der Waals surface area contributed by atoms with Crippen molar-refractivity contribution < 1.29 is 9.53 Å². The summed E-state index contributed by atoms with van der Waals surface area (Å²) in [5, 5.41) is 24.1. The van der Waals surface area contributed by atoms with Crippen molar-refractivity contribution in [3.63, 3.8) is 0 Å². The summed E-state index contributed by atoms with van der Waals surface area (Å²) < 4.78 is 4.89. The van der Waals surface area contributed by atoms with Crippen molar-refractivity contribution in [2.75, 3.05) is 10.6 Å². The van der Waals surface area contributed by atoms with Crippen molar-refractivity contribution in [2.45, 2.75) is 20.5 Å². The van der Waals surface area contributed by atoms with Gasteiger partial charge in [0.1, 0.15) is 12.4 Å². The lowest BCUT2D eigenvalue weighted by Gasteiger charge is -2.15. The average Bonchev–Trinajstić information content (AvgIpc) is 2.79. The first-order valence-electron chi connectivity index (χ1n) is 9.89. The summed E-state index contributed by atoms with van der Waals surface area (Å²) >= 11 is 0. The Hall–Kier alpha value is -4.89. The van der Waals surface area contributed by atoms with Crippen LogP contribution in [-0.4, -0.2) is 16.1 Å². The van der Waals surface area contributed by atoms with E-state index in [4.69, 9.17) is 21.0 Å². The maximum atomic E-state index is 11.1. The molecule has 0 saturated carbocycles. The smallest absolute Gasteiger partial charge is 0.404 e. The van der Waals surface area contributed by atoms with Crippen molar-refractivity contribution >= 4 is 35.3 Å². The number of benzene rings is 2. The number of hydrogen-bond donors (Lipinski definition) is 3. The molecule has 1 heterocycles. The van der Waals surface area contributed by atoms with Gasteiger partial charge in [-0.25, -0.2) is 9.78 Å². The fourth-order valence-corrected chi connectivity index (χ4v) is 3.15. The molecule has 0 atom stereocenters. The number of carbonyl (C=O) groups is 1. The lowest BCUT2D eigenvalue weighted by atomic mass is 10.0. The predicted molar refractivity (Wildman–Crippen MR) is 125 cm³/mol. The molecule has 1 aromatic heterocycles. The van der Waals surface area contributed by atoms with Gasteiger partial charge in [-0.3, -0.25) is 0 Å². The molecule has 9 heteroatoms. The standard InChI is InChI=1S/C24H21N7O2/c1-15-10-18(4-3-9-25)11-16(2)22(15)30-21-12-20(14-33-23(27)32)29-24(31-21)28-19-7-5-17(13-26)6-8-19/h3-8,10-12H,14H2,1-2H3,(H2,27,32)(H2,28,29,30,31)/b4-3+. The number of ether oxygens (including phenoxy) is 1. The minimum atomic E-state index is -0.905. The Morgan fingerprint density at radius 2 is 1.79 bits per heavy atom. The minimum Gasteiger partial charge on any atom is -0.443 e. The Bertz CT molecular complexity index is 1260. The first kappa shape index (κ1) is 22.8. The number of anilines is 4. The van der Waals surface area contributed by atoms with E-state index in [0.717, 1.165) is 22.4 Å². The number of nitriles is 2. The van der Waals surface area contributed by atoms with Crippen LogP contribution in [0.3, 0.4) is 0 Å². The van der Waals surface area contributed by atoms with Gasteiger partial charge >= 0.3 is 6.09 Å². The van der Waals surface area contributed by atoms with Crippen molar-refractivity contribution in [1.29, 1.82) is 10.5 Å². The highest BCUT2D eigenvalue weighted by Gasteiger charge is 2.11. The normalized spacial score (nSPS) is 10.3. The van der Waals surface area contributed by atoms with Gasteiger partial charge in [-0.15, -0.1) is 0 Å². The zero-order valence-electron chi connectivity index (χ0n) is 18.1. The third kappa shape index (κ3) is 6.29. The molecule has 0 radical (unpaired) electrons. The van der Waals surface area contributed by atoms with Crippen LogP contribution in [0.5, 0.6) is 0 Å². The zero-order chi connectivity index (χ0) is 23.8.